The second-order valence-corrected chi connectivity index (χ2v) is 10.5. The second-order valence-electron chi connectivity index (χ2n) is 9.44. The highest BCUT2D eigenvalue weighted by Crippen LogP contribution is 2.42. The van der Waals surface area contributed by atoms with Gasteiger partial charge in [0.15, 0.2) is 0 Å². The predicted molar refractivity (Wildman–Crippen MR) is 131 cm³/mol. The Morgan fingerprint density at radius 1 is 1.15 bits per heavy atom. The van der Waals surface area contributed by atoms with E-state index >= 15 is 0 Å². The summed E-state index contributed by atoms with van der Waals surface area (Å²) < 4.78 is 2.05. The molecule has 0 bridgehead atoms. The summed E-state index contributed by atoms with van der Waals surface area (Å²) in [6.45, 7) is 0.703. The topological polar surface area (TPSA) is 114 Å². The van der Waals surface area contributed by atoms with Crippen LogP contribution in [0.25, 0.3) is 0 Å². The SMILES string of the molecule is O=C(NCC1CC1)c1c(NC(=O)C2CC2)sc2c1C[C@@H](n1cnnc1Nc1ccncc1)CC2.[HH]. The first kappa shape index (κ1) is 21.3. The zero-order chi connectivity index (χ0) is 23.1. The fourth-order valence-corrected chi connectivity index (χ4v) is 5.75. The summed E-state index contributed by atoms with van der Waals surface area (Å²) in [5, 5.41) is 18.6. The largest absolute Gasteiger partial charge is 0.352 e. The molecular formula is C24H29N7O2S. The number of amides is 2. The molecule has 3 N–H and O–H groups in total. The molecule has 3 aliphatic carbocycles. The fraction of sp³-hybridized carbons (Fsp3) is 0.458. The van der Waals surface area contributed by atoms with Crippen molar-refractivity contribution >= 4 is 39.8 Å². The van der Waals surface area contributed by atoms with Crippen molar-refractivity contribution in [3.63, 3.8) is 0 Å². The number of aryl methyl sites for hydroxylation is 1. The van der Waals surface area contributed by atoms with Gasteiger partial charge in [-0.1, -0.05) is 0 Å². The summed E-state index contributed by atoms with van der Waals surface area (Å²) >= 11 is 1.56. The third-order valence-corrected chi connectivity index (χ3v) is 8.01. The van der Waals surface area contributed by atoms with Gasteiger partial charge in [0.25, 0.3) is 5.91 Å². The minimum atomic E-state index is -0.0740. The smallest absolute Gasteiger partial charge is 0.254 e. The van der Waals surface area contributed by atoms with Crippen molar-refractivity contribution in [2.75, 3.05) is 17.2 Å². The first-order valence-electron chi connectivity index (χ1n) is 12.0. The lowest BCUT2D eigenvalue weighted by Crippen LogP contribution is -2.28. The van der Waals surface area contributed by atoms with Crippen LogP contribution >= 0.6 is 11.3 Å². The number of anilines is 3. The molecule has 2 saturated carbocycles. The van der Waals surface area contributed by atoms with Gasteiger partial charge in [0, 0.05) is 42.9 Å². The summed E-state index contributed by atoms with van der Waals surface area (Å²) in [5.74, 6) is 1.31. The highest BCUT2D eigenvalue weighted by atomic mass is 32.1. The van der Waals surface area contributed by atoms with Crippen LogP contribution < -0.4 is 16.0 Å². The zero-order valence-corrected chi connectivity index (χ0v) is 19.6. The number of fused-ring (bicyclic) bond motifs is 1. The predicted octanol–water partition coefficient (Wildman–Crippen LogP) is 3.94. The van der Waals surface area contributed by atoms with Crippen LogP contribution in [0.5, 0.6) is 0 Å². The average Bonchev–Trinajstić information content (AvgIpc) is 3.77. The van der Waals surface area contributed by atoms with Gasteiger partial charge in [-0.15, -0.1) is 21.5 Å². The zero-order valence-electron chi connectivity index (χ0n) is 18.8. The lowest BCUT2D eigenvalue weighted by Gasteiger charge is -2.25. The number of rotatable bonds is 8. The molecule has 3 aromatic heterocycles. The molecule has 3 heterocycles. The first-order valence-corrected chi connectivity index (χ1v) is 12.8. The van der Waals surface area contributed by atoms with Crippen molar-refractivity contribution in [2.24, 2.45) is 11.8 Å². The van der Waals surface area contributed by atoms with Gasteiger partial charge in [-0.05, 0) is 68.6 Å². The van der Waals surface area contributed by atoms with E-state index in [1.54, 1.807) is 30.1 Å². The molecule has 1 atom stereocenters. The van der Waals surface area contributed by atoms with E-state index in [1.165, 1.54) is 17.7 Å². The van der Waals surface area contributed by atoms with E-state index in [9.17, 15) is 9.59 Å². The third kappa shape index (κ3) is 4.42. The van der Waals surface area contributed by atoms with Gasteiger partial charge < -0.3 is 16.0 Å². The number of hydrogen-bond acceptors (Lipinski definition) is 7. The Bertz CT molecular complexity index is 1220. The molecule has 34 heavy (non-hydrogen) atoms. The van der Waals surface area contributed by atoms with Crippen LogP contribution in [-0.4, -0.2) is 38.1 Å². The standard InChI is InChI=1S/C24H27N7O2S.H2/c32-21(15-3-4-15)29-23-20(22(33)26-12-14-1-2-14)18-11-17(5-6-19(18)34-23)31-13-27-30-24(31)28-16-7-9-25-10-8-16;/h7-10,13-15,17H,1-6,11-12H2,(H,26,33)(H,29,32)(H,25,28,30);1H/t17-;/m0./s1. The van der Waals surface area contributed by atoms with E-state index in [2.05, 4.69) is 35.7 Å². The van der Waals surface area contributed by atoms with Crippen molar-refractivity contribution < 1.29 is 11.0 Å². The second kappa shape index (κ2) is 8.83. The Hall–Kier alpha value is -3.27. The van der Waals surface area contributed by atoms with Gasteiger partial charge in [0.05, 0.1) is 5.56 Å². The molecule has 9 nitrogen and oxygen atoms in total. The average molecular weight is 480 g/mol. The molecule has 3 aromatic rings. The molecule has 0 aliphatic heterocycles. The molecule has 2 fully saturated rings. The number of carbonyl (C=O) groups is 2. The molecule has 0 saturated heterocycles. The van der Waals surface area contributed by atoms with Crippen LogP contribution in [0.1, 0.15) is 60.4 Å². The van der Waals surface area contributed by atoms with E-state index in [1.807, 2.05) is 12.1 Å². The first-order chi connectivity index (χ1) is 16.7. The van der Waals surface area contributed by atoms with Crippen molar-refractivity contribution in [1.29, 1.82) is 0 Å². The number of carbonyl (C=O) groups excluding carboxylic acids is 2. The molecule has 10 heteroatoms. The number of pyridine rings is 1. The molecule has 0 spiro atoms. The van der Waals surface area contributed by atoms with E-state index < -0.39 is 0 Å². The maximum absolute atomic E-state index is 13.3. The van der Waals surface area contributed by atoms with Crippen molar-refractivity contribution in [1.82, 2.24) is 25.1 Å². The Labute approximate surface area is 202 Å². The number of thiophene rings is 1. The summed E-state index contributed by atoms with van der Waals surface area (Å²) in [4.78, 5) is 31.1. The molecule has 0 aromatic carbocycles. The van der Waals surface area contributed by atoms with Crippen LogP contribution in [0.2, 0.25) is 0 Å². The highest BCUT2D eigenvalue weighted by Gasteiger charge is 2.35. The van der Waals surface area contributed by atoms with Crippen LogP contribution in [0.15, 0.2) is 30.9 Å². The summed E-state index contributed by atoms with van der Waals surface area (Å²) in [5.41, 5.74) is 2.58. The lowest BCUT2D eigenvalue weighted by atomic mass is 9.91. The van der Waals surface area contributed by atoms with Crippen molar-refractivity contribution in [3.8, 4) is 0 Å². The maximum atomic E-state index is 13.3. The number of nitrogens with zero attached hydrogens (tertiary/aromatic N) is 4. The van der Waals surface area contributed by atoms with Crippen LogP contribution in [-0.2, 0) is 17.6 Å². The quantitative estimate of drug-likeness (QED) is 0.451. The van der Waals surface area contributed by atoms with Gasteiger partial charge in [0.1, 0.15) is 11.3 Å². The van der Waals surface area contributed by atoms with Crippen molar-refractivity contribution in [3.05, 3.63) is 46.9 Å². The molecule has 3 aliphatic rings. The van der Waals surface area contributed by atoms with Gasteiger partial charge in [-0.3, -0.25) is 19.1 Å². The Kier molecular flexibility index (Phi) is 5.52. The third-order valence-electron chi connectivity index (χ3n) is 6.80. The van der Waals surface area contributed by atoms with E-state index in [4.69, 9.17) is 0 Å². The molecule has 178 valence electrons. The van der Waals surface area contributed by atoms with Crippen LogP contribution in [0.4, 0.5) is 16.6 Å². The summed E-state index contributed by atoms with van der Waals surface area (Å²) in [6.07, 6.45) is 11.9. The van der Waals surface area contributed by atoms with E-state index in [-0.39, 0.29) is 25.2 Å². The van der Waals surface area contributed by atoms with Crippen LogP contribution in [0, 0.1) is 11.8 Å². The number of hydrogen-bond donors (Lipinski definition) is 3. The summed E-state index contributed by atoms with van der Waals surface area (Å²) in [6, 6.07) is 3.88. The van der Waals surface area contributed by atoms with Gasteiger partial charge in [-0.2, -0.15) is 0 Å². The monoisotopic (exact) mass is 479 g/mol. The highest BCUT2D eigenvalue weighted by molar-refractivity contribution is 7.17. The number of aromatic nitrogens is 4. The molecular weight excluding hydrogens is 450 g/mol. The van der Waals surface area contributed by atoms with Gasteiger partial charge in [-0.25, -0.2) is 0 Å². The molecule has 0 radical (unpaired) electrons. The fourth-order valence-electron chi connectivity index (χ4n) is 4.50. The lowest BCUT2D eigenvalue weighted by molar-refractivity contribution is -0.117. The Balaban J connectivity index is 0.00000253. The van der Waals surface area contributed by atoms with Gasteiger partial charge >= 0.3 is 0 Å². The van der Waals surface area contributed by atoms with Crippen molar-refractivity contribution in [2.45, 2.75) is 51.0 Å². The molecule has 6 rings (SSSR count). The molecule has 2 amide bonds. The summed E-state index contributed by atoms with van der Waals surface area (Å²) in [7, 11) is 0. The normalized spacial score (nSPS) is 19.4. The van der Waals surface area contributed by atoms with Gasteiger partial charge in [0.2, 0.25) is 11.9 Å². The van der Waals surface area contributed by atoms with E-state index in [0.717, 1.165) is 36.9 Å². The van der Waals surface area contributed by atoms with E-state index in [0.29, 0.717) is 35.4 Å². The minimum Gasteiger partial charge on any atom is -0.352 e. The maximum Gasteiger partial charge on any atom is 0.254 e. The molecule has 0 unspecified atom stereocenters. The number of nitrogens with one attached hydrogen (secondary N) is 3. The minimum absolute atomic E-state index is 0. The van der Waals surface area contributed by atoms with Crippen LogP contribution in [0.3, 0.4) is 0 Å². The Morgan fingerprint density at radius 3 is 2.74 bits per heavy atom. The Morgan fingerprint density at radius 2 is 1.97 bits per heavy atom.